The molecule has 0 spiro atoms. The highest BCUT2D eigenvalue weighted by molar-refractivity contribution is 5.02. The Morgan fingerprint density at radius 1 is 0.800 bits per heavy atom. The van der Waals surface area contributed by atoms with Crippen LogP contribution in [0.2, 0.25) is 0 Å². The topological polar surface area (TPSA) is 0 Å². The van der Waals surface area contributed by atoms with E-state index in [4.69, 9.17) is 0 Å². The Bertz CT molecular complexity index is 278. The summed E-state index contributed by atoms with van der Waals surface area (Å²) < 4.78 is 1.30. The molecule has 0 N–H and O–H groups in total. The Kier molecular flexibility index (Phi) is 10.8. The van der Waals surface area contributed by atoms with E-state index in [1.54, 1.807) is 5.57 Å². The molecule has 0 amide bonds. The molecule has 0 aromatic rings. The predicted molar refractivity (Wildman–Crippen MR) is 93.0 cm³/mol. The number of hydrogen-bond donors (Lipinski definition) is 0. The van der Waals surface area contributed by atoms with Gasteiger partial charge in [-0.25, -0.2) is 0 Å². The van der Waals surface area contributed by atoms with E-state index in [9.17, 15) is 0 Å². The largest absolute Gasteiger partial charge is 0.320 e. The van der Waals surface area contributed by atoms with Gasteiger partial charge in [0.05, 0.1) is 26.2 Å². The molecule has 0 fully saturated rings. The Morgan fingerprint density at radius 3 is 1.70 bits per heavy atom. The Labute approximate surface area is 128 Å². The zero-order chi connectivity index (χ0) is 15.4. The van der Waals surface area contributed by atoms with Crippen molar-refractivity contribution in [1.29, 1.82) is 0 Å². The third-order valence-corrected chi connectivity index (χ3v) is 4.01. The second kappa shape index (κ2) is 11.1. The lowest BCUT2D eigenvalue weighted by molar-refractivity contribution is -0.923. The molecule has 0 atom stereocenters. The highest BCUT2D eigenvalue weighted by Crippen LogP contribution is 2.14. The molecule has 0 unspecified atom stereocenters. The van der Waals surface area contributed by atoms with Crippen LogP contribution in [0.3, 0.4) is 0 Å². The standard InChI is InChI=1S/C19H38N/c1-7-14-20(15-8-2,16-9-3)17-13-19(6)12-10-11-18(4)5/h11,13H,7-10,12,14-17H2,1-6H3/q+1/b19-13+. The number of rotatable bonds is 11. The molecule has 0 radical (unpaired) electrons. The number of quaternary nitrogens is 1. The quantitative estimate of drug-likeness (QED) is 0.335. The smallest absolute Gasteiger partial charge is 0.0976 e. The van der Waals surface area contributed by atoms with E-state index in [-0.39, 0.29) is 0 Å². The van der Waals surface area contributed by atoms with Crippen molar-refractivity contribution in [2.75, 3.05) is 26.2 Å². The lowest BCUT2D eigenvalue weighted by atomic mass is 10.1. The fourth-order valence-corrected chi connectivity index (χ4v) is 3.07. The second-order valence-electron chi connectivity index (χ2n) is 6.57. The molecule has 0 bridgehead atoms. The van der Waals surface area contributed by atoms with Crippen molar-refractivity contribution in [1.82, 2.24) is 0 Å². The third kappa shape index (κ3) is 8.58. The molecule has 0 aromatic carbocycles. The molecule has 0 aromatic heterocycles. The van der Waals surface area contributed by atoms with Gasteiger partial charge in [0.25, 0.3) is 0 Å². The van der Waals surface area contributed by atoms with Crippen LogP contribution in [0.4, 0.5) is 0 Å². The average Bonchev–Trinajstić information content (AvgIpc) is 2.37. The van der Waals surface area contributed by atoms with Gasteiger partial charge in [0, 0.05) is 0 Å². The first kappa shape index (κ1) is 19.4. The van der Waals surface area contributed by atoms with Gasteiger partial charge < -0.3 is 4.48 Å². The van der Waals surface area contributed by atoms with Crippen LogP contribution >= 0.6 is 0 Å². The Morgan fingerprint density at radius 2 is 1.30 bits per heavy atom. The van der Waals surface area contributed by atoms with Crippen molar-refractivity contribution in [3.8, 4) is 0 Å². The lowest BCUT2D eigenvalue weighted by Gasteiger charge is -2.38. The third-order valence-electron chi connectivity index (χ3n) is 4.01. The molecule has 0 saturated heterocycles. The first-order valence-corrected chi connectivity index (χ1v) is 8.63. The molecule has 118 valence electrons. The number of nitrogens with zero attached hydrogens (tertiary/aromatic N) is 1. The second-order valence-corrected chi connectivity index (χ2v) is 6.57. The zero-order valence-electron chi connectivity index (χ0n) is 15.0. The zero-order valence-corrected chi connectivity index (χ0v) is 15.0. The molecule has 20 heavy (non-hydrogen) atoms. The molecule has 0 aliphatic heterocycles. The van der Waals surface area contributed by atoms with Gasteiger partial charge in [0.2, 0.25) is 0 Å². The molecule has 1 heteroatoms. The summed E-state index contributed by atoms with van der Waals surface area (Å²) in [5, 5.41) is 0. The normalized spacial score (nSPS) is 12.6. The molecular formula is C19H38N+. The summed E-state index contributed by atoms with van der Waals surface area (Å²) in [5.74, 6) is 0. The van der Waals surface area contributed by atoms with Gasteiger partial charge >= 0.3 is 0 Å². The van der Waals surface area contributed by atoms with Gasteiger partial charge in [-0.3, -0.25) is 0 Å². The van der Waals surface area contributed by atoms with Crippen molar-refractivity contribution >= 4 is 0 Å². The first-order valence-electron chi connectivity index (χ1n) is 8.63. The van der Waals surface area contributed by atoms with E-state index in [1.165, 1.54) is 68.3 Å². The summed E-state index contributed by atoms with van der Waals surface area (Å²) in [7, 11) is 0. The monoisotopic (exact) mass is 280 g/mol. The summed E-state index contributed by atoms with van der Waals surface area (Å²) in [6, 6.07) is 0. The Hall–Kier alpha value is -0.560. The van der Waals surface area contributed by atoms with Crippen molar-refractivity contribution < 1.29 is 4.48 Å². The SMILES string of the molecule is CCC[N+](C/C=C(\C)CCC=C(C)C)(CCC)CCC. The molecule has 1 nitrogen and oxygen atoms in total. The number of allylic oxidation sites excluding steroid dienone is 3. The van der Waals surface area contributed by atoms with Gasteiger partial charge in [0.15, 0.2) is 0 Å². The highest BCUT2D eigenvalue weighted by Gasteiger charge is 2.22. The molecular weight excluding hydrogens is 242 g/mol. The lowest BCUT2D eigenvalue weighted by Crippen LogP contribution is -2.49. The van der Waals surface area contributed by atoms with E-state index < -0.39 is 0 Å². The summed E-state index contributed by atoms with van der Waals surface area (Å²) in [6.07, 6.45) is 11.2. The van der Waals surface area contributed by atoms with Crippen molar-refractivity contribution in [3.63, 3.8) is 0 Å². The van der Waals surface area contributed by atoms with Crippen molar-refractivity contribution in [2.45, 2.75) is 73.6 Å². The molecule has 0 saturated carbocycles. The van der Waals surface area contributed by atoms with Crippen molar-refractivity contribution in [3.05, 3.63) is 23.3 Å². The minimum absolute atomic E-state index is 1.19. The van der Waals surface area contributed by atoms with Crippen LogP contribution in [0, 0.1) is 0 Å². The maximum atomic E-state index is 2.51. The van der Waals surface area contributed by atoms with Gasteiger partial charge in [0.1, 0.15) is 0 Å². The molecule has 0 heterocycles. The maximum Gasteiger partial charge on any atom is 0.0976 e. The van der Waals surface area contributed by atoms with Gasteiger partial charge in [-0.15, -0.1) is 0 Å². The fourth-order valence-electron chi connectivity index (χ4n) is 3.07. The van der Waals surface area contributed by atoms with Crippen LogP contribution in [0.1, 0.15) is 73.6 Å². The van der Waals surface area contributed by atoms with E-state index >= 15 is 0 Å². The molecule has 0 aliphatic rings. The van der Waals surface area contributed by atoms with E-state index in [1.807, 2.05) is 0 Å². The minimum Gasteiger partial charge on any atom is -0.320 e. The van der Waals surface area contributed by atoms with Crippen LogP contribution in [0.5, 0.6) is 0 Å². The summed E-state index contributed by atoms with van der Waals surface area (Å²) in [4.78, 5) is 0. The summed E-state index contributed by atoms with van der Waals surface area (Å²) in [5.41, 5.74) is 3.00. The minimum atomic E-state index is 1.19. The van der Waals surface area contributed by atoms with Gasteiger partial charge in [-0.1, -0.05) is 38.0 Å². The first-order chi connectivity index (χ1) is 9.49. The van der Waals surface area contributed by atoms with Crippen LogP contribution in [0.15, 0.2) is 23.3 Å². The Balaban J connectivity index is 4.58. The maximum absolute atomic E-state index is 2.51. The average molecular weight is 281 g/mol. The van der Waals surface area contributed by atoms with Crippen LogP contribution in [0.25, 0.3) is 0 Å². The molecule has 0 aliphatic carbocycles. The predicted octanol–water partition coefficient (Wildman–Crippen LogP) is 5.73. The summed E-state index contributed by atoms with van der Waals surface area (Å²) in [6.45, 7) is 18.9. The molecule has 0 rings (SSSR count). The summed E-state index contributed by atoms with van der Waals surface area (Å²) >= 11 is 0. The van der Waals surface area contributed by atoms with E-state index in [2.05, 4.69) is 53.7 Å². The van der Waals surface area contributed by atoms with Crippen LogP contribution in [-0.4, -0.2) is 30.7 Å². The van der Waals surface area contributed by atoms with Crippen molar-refractivity contribution in [2.24, 2.45) is 0 Å². The van der Waals surface area contributed by atoms with Crippen LogP contribution in [-0.2, 0) is 0 Å². The van der Waals surface area contributed by atoms with Crippen LogP contribution < -0.4 is 0 Å². The van der Waals surface area contributed by atoms with E-state index in [0.29, 0.717) is 0 Å². The van der Waals surface area contributed by atoms with Gasteiger partial charge in [-0.05, 0) is 59.0 Å². The highest BCUT2D eigenvalue weighted by atomic mass is 15.3. The van der Waals surface area contributed by atoms with Gasteiger partial charge in [-0.2, -0.15) is 0 Å². The fraction of sp³-hybridized carbons (Fsp3) is 0.789. The number of hydrogen-bond acceptors (Lipinski definition) is 0. The van der Waals surface area contributed by atoms with E-state index in [0.717, 1.165) is 0 Å².